The van der Waals surface area contributed by atoms with E-state index in [1.807, 2.05) is 24.3 Å². The van der Waals surface area contributed by atoms with Gasteiger partial charge < -0.3 is 9.64 Å². The van der Waals surface area contributed by atoms with E-state index in [2.05, 4.69) is 4.90 Å². The van der Waals surface area contributed by atoms with Gasteiger partial charge in [0.25, 0.3) is 5.69 Å². The third kappa shape index (κ3) is 4.25. The highest BCUT2D eigenvalue weighted by atomic mass is 16.6. The molecule has 2 aromatic carbocycles. The lowest BCUT2D eigenvalue weighted by molar-refractivity contribution is -0.384. The molecule has 1 aliphatic heterocycles. The smallest absolute Gasteiger partial charge is 0.269 e. The normalized spacial score (nSPS) is 16.9. The van der Waals surface area contributed by atoms with Crippen molar-refractivity contribution < 1.29 is 14.5 Å². The third-order valence-electron chi connectivity index (χ3n) is 5.02. The van der Waals surface area contributed by atoms with Gasteiger partial charge in [0.15, 0.2) is 0 Å². The second-order valence-corrected chi connectivity index (χ2v) is 6.63. The number of hydrogen-bond donors (Lipinski definition) is 0. The molecule has 1 amide bonds. The van der Waals surface area contributed by atoms with Gasteiger partial charge in [-0.05, 0) is 49.2 Å². The molecule has 0 radical (unpaired) electrons. The van der Waals surface area contributed by atoms with Crippen LogP contribution in [-0.2, 0) is 4.79 Å². The second-order valence-electron chi connectivity index (χ2n) is 6.63. The number of anilines is 1. The molecule has 3 rings (SSSR count). The molecule has 0 N–H and O–H groups in total. The Morgan fingerprint density at radius 2 is 1.89 bits per heavy atom. The number of nitrogens with zero attached hydrogens (tertiary/aromatic N) is 3. The van der Waals surface area contributed by atoms with Crippen LogP contribution in [0.1, 0.15) is 24.4 Å². The van der Waals surface area contributed by atoms with E-state index in [-0.39, 0.29) is 17.6 Å². The molecule has 1 aliphatic rings. The molecule has 2 aromatic rings. The van der Waals surface area contributed by atoms with Crippen LogP contribution in [-0.4, -0.2) is 43.0 Å². The Balaban J connectivity index is 1.67. The second kappa shape index (κ2) is 8.18. The summed E-state index contributed by atoms with van der Waals surface area (Å²) >= 11 is 0. The number of ether oxygens (including phenoxy) is 1. The zero-order valence-corrected chi connectivity index (χ0v) is 15.5. The molecule has 0 aromatic heterocycles. The number of amides is 1. The zero-order chi connectivity index (χ0) is 19.4. The first-order valence-corrected chi connectivity index (χ1v) is 8.88. The van der Waals surface area contributed by atoms with Crippen LogP contribution in [0.3, 0.4) is 0 Å². The van der Waals surface area contributed by atoms with Gasteiger partial charge in [-0.15, -0.1) is 0 Å². The first kappa shape index (κ1) is 18.8. The van der Waals surface area contributed by atoms with Crippen molar-refractivity contribution in [2.24, 2.45) is 0 Å². The Morgan fingerprint density at radius 1 is 1.22 bits per heavy atom. The SMILES string of the molecule is COc1ccc([C@H]2CCCN2CC(=O)N(C)c2ccc([N+](=O)[O-])cc2)cc1. The van der Waals surface area contributed by atoms with Crippen molar-refractivity contribution in [1.82, 2.24) is 4.90 Å². The highest BCUT2D eigenvalue weighted by molar-refractivity contribution is 5.94. The molecule has 7 heteroatoms. The number of nitro groups is 1. The summed E-state index contributed by atoms with van der Waals surface area (Å²) < 4.78 is 5.21. The lowest BCUT2D eigenvalue weighted by Gasteiger charge is -2.27. The number of carbonyl (C=O) groups is 1. The molecular formula is C20H23N3O4. The fraction of sp³-hybridized carbons (Fsp3) is 0.350. The maximum atomic E-state index is 12.7. The summed E-state index contributed by atoms with van der Waals surface area (Å²) in [6, 6.07) is 14.2. The van der Waals surface area contributed by atoms with Crippen LogP contribution in [0.4, 0.5) is 11.4 Å². The molecule has 142 valence electrons. The Kier molecular flexibility index (Phi) is 5.71. The minimum atomic E-state index is -0.449. The quantitative estimate of drug-likeness (QED) is 0.576. The van der Waals surface area contributed by atoms with Gasteiger partial charge in [-0.25, -0.2) is 0 Å². The molecule has 0 saturated carbocycles. The average Bonchev–Trinajstić information content (AvgIpc) is 3.15. The average molecular weight is 369 g/mol. The number of nitro benzene ring substituents is 1. The van der Waals surface area contributed by atoms with Gasteiger partial charge in [-0.2, -0.15) is 0 Å². The molecular weight excluding hydrogens is 346 g/mol. The summed E-state index contributed by atoms with van der Waals surface area (Å²) in [5.41, 5.74) is 1.84. The molecule has 0 unspecified atom stereocenters. The van der Waals surface area contributed by atoms with Gasteiger partial charge in [0, 0.05) is 30.9 Å². The summed E-state index contributed by atoms with van der Waals surface area (Å²) in [4.78, 5) is 26.8. The predicted octanol–water partition coefficient (Wildman–Crippen LogP) is 3.40. The third-order valence-corrected chi connectivity index (χ3v) is 5.02. The molecule has 0 spiro atoms. The van der Waals surface area contributed by atoms with Crippen LogP contribution >= 0.6 is 0 Å². The molecule has 1 saturated heterocycles. The van der Waals surface area contributed by atoms with Crippen molar-refractivity contribution in [3.8, 4) is 5.75 Å². The zero-order valence-electron chi connectivity index (χ0n) is 15.5. The Hall–Kier alpha value is -2.93. The van der Waals surface area contributed by atoms with Crippen LogP contribution in [0.2, 0.25) is 0 Å². The van der Waals surface area contributed by atoms with E-state index in [0.717, 1.165) is 25.1 Å². The summed E-state index contributed by atoms with van der Waals surface area (Å²) in [6.07, 6.45) is 2.06. The van der Waals surface area contributed by atoms with Gasteiger partial charge >= 0.3 is 0 Å². The predicted molar refractivity (Wildman–Crippen MR) is 103 cm³/mol. The largest absolute Gasteiger partial charge is 0.497 e. The van der Waals surface area contributed by atoms with E-state index < -0.39 is 4.92 Å². The van der Waals surface area contributed by atoms with Crippen LogP contribution in [0, 0.1) is 10.1 Å². The summed E-state index contributed by atoms with van der Waals surface area (Å²) in [5, 5.41) is 10.8. The van der Waals surface area contributed by atoms with E-state index in [0.29, 0.717) is 12.2 Å². The maximum Gasteiger partial charge on any atom is 0.269 e. The molecule has 1 atom stereocenters. The summed E-state index contributed by atoms with van der Waals surface area (Å²) in [6.45, 7) is 1.18. The van der Waals surface area contributed by atoms with Crippen molar-refractivity contribution in [2.45, 2.75) is 18.9 Å². The van der Waals surface area contributed by atoms with Gasteiger partial charge in [0.05, 0.1) is 18.6 Å². The number of benzene rings is 2. The summed E-state index contributed by atoms with van der Waals surface area (Å²) in [5.74, 6) is 0.779. The standard InChI is InChI=1S/C20H23N3O4/c1-21(16-7-9-17(10-8-16)23(25)26)20(24)14-22-13-3-4-19(22)15-5-11-18(27-2)12-6-15/h5-12,19H,3-4,13-14H2,1-2H3/t19-/m1/s1. The van der Waals surface area contributed by atoms with Crippen molar-refractivity contribution in [3.05, 3.63) is 64.2 Å². The summed E-state index contributed by atoms with van der Waals surface area (Å²) in [7, 11) is 3.34. The van der Waals surface area contributed by atoms with Gasteiger partial charge in [0.1, 0.15) is 5.75 Å². The van der Waals surface area contributed by atoms with Crippen LogP contribution < -0.4 is 9.64 Å². The molecule has 1 fully saturated rings. The van der Waals surface area contributed by atoms with Crippen molar-refractivity contribution >= 4 is 17.3 Å². The Bertz CT molecular complexity index is 805. The number of non-ortho nitro benzene ring substituents is 1. The fourth-order valence-corrected chi connectivity index (χ4v) is 3.44. The molecule has 0 aliphatic carbocycles. The van der Waals surface area contributed by atoms with Crippen molar-refractivity contribution in [1.29, 1.82) is 0 Å². The van der Waals surface area contributed by atoms with E-state index in [1.165, 1.54) is 17.7 Å². The minimum absolute atomic E-state index is 0.0127. The monoisotopic (exact) mass is 369 g/mol. The molecule has 7 nitrogen and oxygen atoms in total. The maximum absolute atomic E-state index is 12.7. The number of hydrogen-bond acceptors (Lipinski definition) is 5. The number of rotatable bonds is 6. The number of carbonyl (C=O) groups excluding carboxylic acids is 1. The Labute approximate surface area is 158 Å². The first-order chi connectivity index (χ1) is 13.0. The molecule has 27 heavy (non-hydrogen) atoms. The van der Waals surface area contributed by atoms with Gasteiger partial charge in [-0.3, -0.25) is 19.8 Å². The van der Waals surface area contributed by atoms with E-state index >= 15 is 0 Å². The van der Waals surface area contributed by atoms with E-state index in [9.17, 15) is 14.9 Å². The van der Waals surface area contributed by atoms with Crippen LogP contribution in [0.5, 0.6) is 5.75 Å². The van der Waals surface area contributed by atoms with Gasteiger partial charge in [0.2, 0.25) is 5.91 Å². The van der Waals surface area contributed by atoms with Crippen LogP contribution in [0.15, 0.2) is 48.5 Å². The fourth-order valence-electron chi connectivity index (χ4n) is 3.44. The van der Waals surface area contributed by atoms with E-state index in [4.69, 9.17) is 4.74 Å². The van der Waals surface area contributed by atoms with Crippen molar-refractivity contribution in [2.75, 3.05) is 32.1 Å². The number of methoxy groups -OCH3 is 1. The lowest BCUT2D eigenvalue weighted by atomic mass is 10.0. The number of likely N-dealkylation sites (tertiary alicyclic amines) is 1. The molecule has 1 heterocycles. The van der Waals surface area contributed by atoms with Crippen LogP contribution in [0.25, 0.3) is 0 Å². The first-order valence-electron chi connectivity index (χ1n) is 8.88. The highest BCUT2D eigenvalue weighted by Crippen LogP contribution is 2.32. The Morgan fingerprint density at radius 3 is 2.48 bits per heavy atom. The minimum Gasteiger partial charge on any atom is -0.497 e. The molecule has 0 bridgehead atoms. The lowest BCUT2D eigenvalue weighted by Crippen LogP contribution is -2.38. The van der Waals surface area contributed by atoms with E-state index in [1.54, 1.807) is 31.2 Å². The highest BCUT2D eigenvalue weighted by Gasteiger charge is 2.28. The number of likely N-dealkylation sites (N-methyl/N-ethyl adjacent to an activating group) is 1. The topological polar surface area (TPSA) is 75.9 Å². The van der Waals surface area contributed by atoms with Crippen molar-refractivity contribution in [3.63, 3.8) is 0 Å². The van der Waals surface area contributed by atoms with Gasteiger partial charge in [-0.1, -0.05) is 12.1 Å².